The van der Waals surface area contributed by atoms with Crippen molar-refractivity contribution in [2.75, 3.05) is 5.32 Å². The number of anilines is 1. The highest BCUT2D eigenvalue weighted by Crippen LogP contribution is 2.16. The van der Waals surface area contributed by atoms with Crippen LogP contribution in [0.25, 0.3) is 0 Å². The van der Waals surface area contributed by atoms with Crippen LogP contribution in [-0.2, 0) is 0 Å². The molecular formula is C19H15N4O4+. The molecule has 0 saturated carbocycles. The van der Waals surface area contributed by atoms with Crippen LogP contribution in [0, 0.1) is 20.2 Å². The van der Waals surface area contributed by atoms with Gasteiger partial charge in [0.2, 0.25) is 0 Å². The number of nitrogens with zero attached hydrogens (tertiary/aromatic N) is 2. The molecule has 134 valence electrons. The summed E-state index contributed by atoms with van der Waals surface area (Å²) < 4.78 is 0. The van der Waals surface area contributed by atoms with Crippen LogP contribution in [0.2, 0.25) is 0 Å². The molecule has 0 atom stereocenters. The van der Waals surface area contributed by atoms with Gasteiger partial charge in [0, 0.05) is 24.3 Å². The molecule has 0 bridgehead atoms. The lowest BCUT2D eigenvalue weighted by Gasteiger charge is -2.04. The van der Waals surface area contributed by atoms with E-state index in [-0.39, 0.29) is 11.4 Å². The molecule has 0 unspecified atom stereocenters. The highest BCUT2D eigenvalue weighted by Gasteiger charge is 2.14. The fourth-order valence-electron chi connectivity index (χ4n) is 2.40. The fraction of sp³-hybridized carbons (Fsp3) is 0. The molecule has 3 aromatic carbocycles. The Morgan fingerprint density at radius 3 is 1.78 bits per heavy atom. The van der Waals surface area contributed by atoms with Crippen LogP contribution in [-0.4, -0.2) is 15.7 Å². The smallest absolute Gasteiger partial charge is 0.258 e. The molecule has 8 nitrogen and oxygen atoms in total. The molecular weight excluding hydrogens is 348 g/mol. The van der Waals surface area contributed by atoms with Gasteiger partial charge in [0.05, 0.1) is 15.4 Å². The summed E-state index contributed by atoms with van der Waals surface area (Å²) in [6.07, 6.45) is 0. The number of hydrogen-bond donors (Lipinski definition) is 2. The lowest BCUT2D eigenvalue weighted by Crippen LogP contribution is -2.68. The molecule has 0 saturated heterocycles. The van der Waals surface area contributed by atoms with Gasteiger partial charge in [-0.05, 0) is 36.4 Å². The Kier molecular flexibility index (Phi) is 5.17. The standard InChI is InChI=1S/C19H14N4O4/c24-22(25)17-10-6-15(7-11-17)20-19(14-4-2-1-3-5-14)21-16-8-12-18(13-9-16)23(26)27/h1-13H,(H,20,21)/p+1. The molecule has 0 aliphatic heterocycles. The largest absolute Gasteiger partial charge is 0.285 e. The summed E-state index contributed by atoms with van der Waals surface area (Å²) in [6.45, 7) is 0. The highest BCUT2D eigenvalue weighted by molar-refractivity contribution is 6.04. The van der Waals surface area contributed by atoms with E-state index in [9.17, 15) is 20.2 Å². The van der Waals surface area contributed by atoms with E-state index in [0.717, 1.165) is 5.56 Å². The number of nitro benzene ring substituents is 2. The van der Waals surface area contributed by atoms with E-state index in [4.69, 9.17) is 0 Å². The maximum atomic E-state index is 10.8. The monoisotopic (exact) mass is 363 g/mol. The van der Waals surface area contributed by atoms with Gasteiger partial charge in [0.15, 0.2) is 0 Å². The third-order valence-corrected chi connectivity index (χ3v) is 3.76. The predicted octanol–water partition coefficient (Wildman–Crippen LogP) is 2.77. The quantitative estimate of drug-likeness (QED) is 0.313. The van der Waals surface area contributed by atoms with Crippen LogP contribution in [0.5, 0.6) is 0 Å². The van der Waals surface area contributed by atoms with Gasteiger partial charge in [0.1, 0.15) is 11.4 Å². The van der Waals surface area contributed by atoms with Crippen molar-refractivity contribution < 1.29 is 14.8 Å². The van der Waals surface area contributed by atoms with Crippen LogP contribution in [0.1, 0.15) is 5.56 Å². The fourth-order valence-corrected chi connectivity index (χ4v) is 2.40. The Balaban J connectivity index is 1.93. The molecule has 0 heterocycles. The molecule has 27 heavy (non-hydrogen) atoms. The van der Waals surface area contributed by atoms with E-state index in [0.29, 0.717) is 17.2 Å². The number of hydrogen-bond acceptors (Lipinski definition) is 4. The third kappa shape index (κ3) is 4.51. The number of rotatable bonds is 5. The SMILES string of the molecule is O=[N+]([O-])c1ccc(NC(=[NH+]c2ccc([N+](=O)[O-])cc2)c2ccccc2)cc1. The van der Waals surface area contributed by atoms with Crippen molar-refractivity contribution in [1.82, 2.24) is 0 Å². The van der Waals surface area contributed by atoms with E-state index in [1.54, 1.807) is 24.3 Å². The van der Waals surface area contributed by atoms with Crippen molar-refractivity contribution in [3.05, 3.63) is 105 Å². The maximum Gasteiger partial charge on any atom is 0.285 e. The number of nitro groups is 2. The topological polar surface area (TPSA) is 112 Å². The summed E-state index contributed by atoms with van der Waals surface area (Å²) in [4.78, 5) is 23.9. The first-order valence-electron chi connectivity index (χ1n) is 7.98. The van der Waals surface area contributed by atoms with Crippen LogP contribution in [0.3, 0.4) is 0 Å². The average molecular weight is 363 g/mol. The second-order valence-electron chi connectivity index (χ2n) is 5.60. The van der Waals surface area contributed by atoms with Gasteiger partial charge in [-0.1, -0.05) is 18.2 Å². The van der Waals surface area contributed by atoms with Gasteiger partial charge in [-0.15, -0.1) is 0 Å². The van der Waals surface area contributed by atoms with E-state index >= 15 is 0 Å². The summed E-state index contributed by atoms with van der Waals surface area (Å²) >= 11 is 0. The van der Waals surface area contributed by atoms with Gasteiger partial charge in [-0.2, -0.15) is 0 Å². The van der Waals surface area contributed by atoms with Gasteiger partial charge in [-0.3, -0.25) is 20.2 Å². The van der Waals surface area contributed by atoms with Crippen molar-refractivity contribution >= 4 is 28.6 Å². The van der Waals surface area contributed by atoms with Crippen molar-refractivity contribution in [1.29, 1.82) is 0 Å². The van der Waals surface area contributed by atoms with Crippen LogP contribution in [0.4, 0.5) is 22.7 Å². The first-order valence-corrected chi connectivity index (χ1v) is 7.98. The molecule has 3 aromatic rings. The molecule has 0 radical (unpaired) electrons. The zero-order chi connectivity index (χ0) is 19.2. The minimum Gasteiger partial charge on any atom is -0.258 e. The molecule has 0 aliphatic carbocycles. The molecule has 3 rings (SSSR count). The lowest BCUT2D eigenvalue weighted by molar-refractivity contribution is -0.385. The second kappa shape index (κ2) is 7.87. The minimum absolute atomic E-state index is 0.00476. The first kappa shape index (κ1) is 17.7. The van der Waals surface area contributed by atoms with Gasteiger partial charge in [-0.25, -0.2) is 10.3 Å². The molecule has 2 N–H and O–H groups in total. The summed E-state index contributed by atoms with van der Waals surface area (Å²) in [5, 5.41) is 24.8. The van der Waals surface area contributed by atoms with Crippen LogP contribution in [0.15, 0.2) is 78.9 Å². The summed E-state index contributed by atoms with van der Waals surface area (Å²) in [7, 11) is 0. The normalized spacial score (nSPS) is 11.0. The Bertz CT molecular complexity index is 984. The molecule has 0 spiro atoms. The van der Waals surface area contributed by atoms with E-state index in [1.807, 2.05) is 30.3 Å². The lowest BCUT2D eigenvalue weighted by atomic mass is 10.2. The Morgan fingerprint density at radius 2 is 1.26 bits per heavy atom. The number of benzene rings is 3. The minimum atomic E-state index is -0.458. The van der Waals surface area contributed by atoms with Crippen molar-refractivity contribution in [2.45, 2.75) is 0 Å². The average Bonchev–Trinajstić information content (AvgIpc) is 2.69. The number of non-ortho nitro benzene ring substituents is 2. The number of amidine groups is 1. The zero-order valence-corrected chi connectivity index (χ0v) is 14.0. The van der Waals surface area contributed by atoms with Crippen molar-refractivity contribution in [3.63, 3.8) is 0 Å². The summed E-state index contributed by atoms with van der Waals surface area (Å²) in [6, 6.07) is 21.5. The van der Waals surface area contributed by atoms with Gasteiger partial charge < -0.3 is 0 Å². The first-order chi connectivity index (χ1) is 13.0. The van der Waals surface area contributed by atoms with Crippen LogP contribution < -0.4 is 10.3 Å². The Labute approximate surface area is 154 Å². The number of nitrogens with one attached hydrogen (secondary N) is 2. The molecule has 8 heteroatoms. The molecule has 0 aromatic heterocycles. The molecule has 0 aliphatic rings. The Hall–Kier alpha value is -4.07. The van der Waals surface area contributed by atoms with Crippen LogP contribution >= 0.6 is 0 Å². The summed E-state index contributed by atoms with van der Waals surface area (Å²) in [5.74, 6) is 0.637. The highest BCUT2D eigenvalue weighted by atomic mass is 16.6. The predicted molar refractivity (Wildman–Crippen MR) is 101 cm³/mol. The maximum absolute atomic E-state index is 10.8. The van der Waals surface area contributed by atoms with E-state index in [1.165, 1.54) is 24.3 Å². The molecule has 0 fully saturated rings. The third-order valence-electron chi connectivity index (χ3n) is 3.76. The van der Waals surface area contributed by atoms with Crippen molar-refractivity contribution in [3.8, 4) is 0 Å². The van der Waals surface area contributed by atoms with E-state index in [2.05, 4.69) is 10.3 Å². The van der Waals surface area contributed by atoms with Gasteiger partial charge >= 0.3 is 0 Å². The molecule has 0 amide bonds. The summed E-state index contributed by atoms with van der Waals surface area (Å²) in [5.41, 5.74) is 2.19. The Morgan fingerprint density at radius 1 is 0.741 bits per heavy atom. The van der Waals surface area contributed by atoms with Crippen molar-refractivity contribution in [2.24, 2.45) is 0 Å². The van der Waals surface area contributed by atoms with Gasteiger partial charge in [0.25, 0.3) is 17.2 Å². The second-order valence-corrected chi connectivity index (χ2v) is 5.60. The zero-order valence-electron chi connectivity index (χ0n) is 14.0. The van der Waals surface area contributed by atoms with E-state index < -0.39 is 9.85 Å².